The summed E-state index contributed by atoms with van der Waals surface area (Å²) in [5.74, 6) is -0.232. The van der Waals surface area contributed by atoms with Crippen LogP contribution in [-0.2, 0) is 4.79 Å². The molecule has 1 heterocycles. The summed E-state index contributed by atoms with van der Waals surface area (Å²) in [4.78, 5) is 27.9. The highest BCUT2D eigenvalue weighted by Crippen LogP contribution is 2.13. The van der Waals surface area contributed by atoms with Gasteiger partial charge in [-0.1, -0.05) is 50.1 Å². The van der Waals surface area contributed by atoms with Crippen LogP contribution in [0.2, 0.25) is 0 Å². The van der Waals surface area contributed by atoms with E-state index in [0.717, 1.165) is 30.4 Å². The van der Waals surface area contributed by atoms with Crippen LogP contribution in [-0.4, -0.2) is 23.2 Å². The third kappa shape index (κ3) is 5.16. The van der Waals surface area contributed by atoms with E-state index in [1.54, 1.807) is 12.3 Å². The first-order valence-corrected chi connectivity index (χ1v) is 8.19. The summed E-state index contributed by atoms with van der Waals surface area (Å²) < 4.78 is 0. The number of pyridine rings is 1. The molecule has 1 atom stereocenters. The Bertz CT molecular complexity index is 696. The summed E-state index contributed by atoms with van der Waals surface area (Å²) in [6.07, 6.45) is 8.81. The van der Waals surface area contributed by atoms with E-state index in [1.165, 1.54) is 0 Å². The van der Waals surface area contributed by atoms with Gasteiger partial charge in [0.25, 0.3) is 5.91 Å². The van der Waals surface area contributed by atoms with Crippen molar-refractivity contribution < 1.29 is 9.59 Å². The van der Waals surface area contributed by atoms with Gasteiger partial charge in [0.15, 0.2) is 0 Å². The highest BCUT2D eigenvalue weighted by atomic mass is 16.2. The molecule has 4 nitrogen and oxygen atoms in total. The summed E-state index contributed by atoms with van der Waals surface area (Å²) >= 11 is 0. The highest BCUT2D eigenvalue weighted by Gasteiger charge is 2.14. The molecule has 1 aromatic heterocycles. The number of rotatable bonds is 8. The van der Waals surface area contributed by atoms with Crippen LogP contribution in [0.15, 0.2) is 48.7 Å². The van der Waals surface area contributed by atoms with Gasteiger partial charge in [0, 0.05) is 11.8 Å². The zero-order chi connectivity index (χ0) is 17.2. The van der Waals surface area contributed by atoms with Gasteiger partial charge >= 0.3 is 0 Å². The van der Waals surface area contributed by atoms with Crippen molar-refractivity contribution in [3.05, 3.63) is 65.5 Å². The van der Waals surface area contributed by atoms with Crippen molar-refractivity contribution >= 4 is 24.3 Å². The van der Waals surface area contributed by atoms with Crippen LogP contribution in [0.25, 0.3) is 12.2 Å². The van der Waals surface area contributed by atoms with E-state index < -0.39 is 6.04 Å². The van der Waals surface area contributed by atoms with E-state index in [2.05, 4.69) is 17.2 Å². The highest BCUT2D eigenvalue weighted by molar-refractivity contribution is 5.99. The quantitative estimate of drug-likeness (QED) is 0.753. The summed E-state index contributed by atoms with van der Waals surface area (Å²) in [5, 5.41) is 2.80. The van der Waals surface area contributed by atoms with E-state index in [1.807, 2.05) is 48.6 Å². The molecule has 0 bridgehead atoms. The maximum atomic E-state index is 12.5. The van der Waals surface area contributed by atoms with Crippen LogP contribution in [0.5, 0.6) is 0 Å². The van der Waals surface area contributed by atoms with Crippen LogP contribution >= 0.6 is 0 Å². The smallest absolute Gasteiger partial charge is 0.252 e. The first-order valence-electron chi connectivity index (χ1n) is 8.19. The standard InChI is InChI=1S/C20H22N2O2/c1-2-3-9-18(15-23)22-20(24)19-11-5-4-8-16(19)12-13-17-10-6-7-14-21-17/h4-8,10-15,18H,2-3,9H2,1H3,(H,22,24)/b13-12+. The van der Waals surface area contributed by atoms with Crippen molar-refractivity contribution in [3.63, 3.8) is 0 Å². The maximum Gasteiger partial charge on any atom is 0.252 e. The second-order valence-corrected chi connectivity index (χ2v) is 5.53. The van der Waals surface area contributed by atoms with Crippen molar-refractivity contribution in [2.45, 2.75) is 32.2 Å². The Hall–Kier alpha value is -2.75. The number of hydrogen-bond donors (Lipinski definition) is 1. The number of aldehydes is 1. The SMILES string of the molecule is CCCCC(C=O)NC(=O)c1ccccc1/C=C/c1ccccn1. The molecule has 0 saturated carbocycles. The summed E-state index contributed by atoms with van der Waals surface area (Å²) in [6, 6.07) is 12.5. The lowest BCUT2D eigenvalue weighted by molar-refractivity contribution is -0.109. The molecule has 0 fully saturated rings. The van der Waals surface area contributed by atoms with Gasteiger partial charge in [-0.15, -0.1) is 0 Å². The number of aromatic nitrogens is 1. The van der Waals surface area contributed by atoms with E-state index in [-0.39, 0.29) is 5.91 Å². The van der Waals surface area contributed by atoms with E-state index >= 15 is 0 Å². The third-order valence-electron chi connectivity index (χ3n) is 3.68. The fraction of sp³-hybridized carbons (Fsp3) is 0.250. The van der Waals surface area contributed by atoms with Gasteiger partial charge in [0.2, 0.25) is 0 Å². The minimum absolute atomic E-state index is 0.232. The van der Waals surface area contributed by atoms with Crippen molar-refractivity contribution in [3.8, 4) is 0 Å². The minimum Gasteiger partial charge on any atom is -0.343 e. The van der Waals surface area contributed by atoms with Gasteiger partial charge in [-0.05, 0) is 36.3 Å². The molecule has 0 radical (unpaired) electrons. The Labute approximate surface area is 142 Å². The lowest BCUT2D eigenvalue weighted by Crippen LogP contribution is -2.36. The fourth-order valence-electron chi connectivity index (χ4n) is 2.34. The first kappa shape index (κ1) is 17.6. The topological polar surface area (TPSA) is 59.1 Å². The van der Waals surface area contributed by atoms with Crippen molar-refractivity contribution in [1.82, 2.24) is 10.3 Å². The summed E-state index contributed by atoms with van der Waals surface area (Å²) in [6.45, 7) is 2.06. The molecule has 0 aliphatic rings. The molecule has 1 unspecified atom stereocenters. The number of benzene rings is 1. The number of unbranched alkanes of at least 4 members (excludes halogenated alkanes) is 1. The molecule has 0 spiro atoms. The van der Waals surface area contributed by atoms with Gasteiger partial charge < -0.3 is 10.1 Å². The number of nitrogens with zero attached hydrogens (tertiary/aromatic N) is 1. The lowest BCUT2D eigenvalue weighted by Gasteiger charge is -2.13. The largest absolute Gasteiger partial charge is 0.343 e. The molecular weight excluding hydrogens is 300 g/mol. The van der Waals surface area contributed by atoms with Gasteiger partial charge in [-0.2, -0.15) is 0 Å². The number of carbonyl (C=O) groups is 2. The molecule has 0 aliphatic heterocycles. The predicted octanol–water partition coefficient (Wildman–Crippen LogP) is 3.74. The second kappa shape index (κ2) is 9.40. The molecule has 2 rings (SSSR count). The van der Waals surface area contributed by atoms with Crippen LogP contribution in [0.3, 0.4) is 0 Å². The van der Waals surface area contributed by atoms with Crippen LogP contribution in [0.4, 0.5) is 0 Å². The fourth-order valence-corrected chi connectivity index (χ4v) is 2.34. The lowest BCUT2D eigenvalue weighted by atomic mass is 10.0. The average molecular weight is 322 g/mol. The van der Waals surface area contributed by atoms with Crippen LogP contribution < -0.4 is 5.32 Å². The van der Waals surface area contributed by atoms with E-state index in [9.17, 15) is 9.59 Å². The molecule has 1 N–H and O–H groups in total. The summed E-state index contributed by atoms with van der Waals surface area (Å²) in [5.41, 5.74) is 2.16. The van der Waals surface area contributed by atoms with E-state index in [4.69, 9.17) is 0 Å². The molecule has 124 valence electrons. The van der Waals surface area contributed by atoms with Gasteiger partial charge in [-0.25, -0.2) is 0 Å². The Balaban J connectivity index is 2.14. The Morgan fingerprint density at radius 2 is 1.96 bits per heavy atom. The molecule has 0 aliphatic carbocycles. The molecule has 24 heavy (non-hydrogen) atoms. The predicted molar refractivity (Wildman–Crippen MR) is 96.5 cm³/mol. The molecule has 2 aromatic rings. The van der Waals surface area contributed by atoms with E-state index in [0.29, 0.717) is 12.0 Å². The van der Waals surface area contributed by atoms with Gasteiger partial charge in [0.05, 0.1) is 11.7 Å². The second-order valence-electron chi connectivity index (χ2n) is 5.53. The van der Waals surface area contributed by atoms with Crippen molar-refractivity contribution in [1.29, 1.82) is 0 Å². The number of hydrogen-bond acceptors (Lipinski definition) is 3. The molecule has 1 aromatic carbocycles. The van der Waals surface area contributed by atoms with Gasteiger partial charge in [-0.3, -0.25) is 9.78 Å². The molecule has 0 saturated heterocycles. The Morgan fingerprint density at radius 3 is 2.67 bits per heavy atom. The number of carbonyl (C=O) groups excluding carboxylic acids is 2. The first-order chi connectivity index (χ1) is 11.7. The Kier molecular flexibility index (Phi) is 6.90. The van der Waals surface area contributed by atoms with Crippen molar-refractivity contribution in [2.24, 2.45) is 0 Å². The normalized spacial score (nSPS) is 12.0. The molecule has 1 amide bonds. The maximum absolute atomic E-state index is 12.5. The summed E-state index contributed by atoms with van der Waals surface area (Å²) in [7, 11) is 0. The Morgan fingerprint density at radius 1 is 1.17 bits per heavy atom. The van der Waals surface area contributed by atoms with Crippen molar-refractivity contribution in [2.75, 3.05) is 0 Å². The number of nitrogens with one attached hydrogen (secondary N) is 1. The molecule has 4 heteroatoms. The van der Waals surface area contributed by atoms with Gasteiger partial charge in [0.1, 0.15) is 6.29 Å². The number of amides is 1. The monoisotopic (exact) mass is 322 g/mol. The zero-order valence-electron chi connectivity index (χ0n) is 13.8. The van der Waals surface area contributed by atoms with Crippen LogP contribution in [0.1, 0.15) is 47.8 Å². The molecular formula is C20H22N2O2. The average Bonchev–Trinajstić information content (AvgIpc) is 2.64. The minimum atomic E-state index is -0.440. The van der Waals surface area contributed by atoms with Crippen LogP contribution in [0, 0.1) is 0 Å². The zero-order valence-corrected chi connectivity index (χ0v) is 13.8. The third-order valence-corrected chi connectivity index (χ3v) is 3.68.